The maximum atomic E-state index is 11.5. The molecule has 0 radical (unpaired) electrons. The Bertz CT molecular complexity index is 237. The van der Waals surface area contributed by atoms with Crippen LogP contribution in [0.3, 0.4) is 0 Å². The fourth-order valence-corrected chi connectivity index (χ4v) is 1.93. The van der Waals surface area contributed by atoms with E-state index in [0.717, 1.165) is 25.6 Å². The Morgan fingerprint density at radius 3 is 2.88 bits per heavy atom. The minimum Gasteiger partial charge on any atom is -0.379 e. The summed E-state index contributed by atoms with van der Waals surface area (Å²) < 4.78 is 5.19. The Morgan fingerprint density at radius 1 is 1.44 bits per heavy atom. The Labute approximate surface area is 96.5 Å². The van der Waals surface area contributed by atoms with Gasteiger partial charge in [0.15, 0.2) is 0 Å². The summed E-state index contributed by atoms with van der Waals surface area (Å²) in [7, 11) is 2.11. The number of carbonyl (C=O) groups is 1. The first-order chi connectivity index (χ1) is 7.75. The van der Waals surface area contributed by atoms with E-state index in [9.17, 15) is 4.79 Å². The molecule has 0 aromatic carbocycles. The van der Waals surface area contributed by atoms with E-state index in [-0.39, 0.29) is 12.1 Å². The summed E-state index contributed by atoms with van der Waals surface area (Å²) in [5.41, 5.74) is 0. The minimum absolute atomic E-state index is 0.0697. The highest BCUT2D eigenvalue weighted by molar-refractivity contribution is 5.74. The zero-order valence-corrected chi connectivity index (χ0v) is 9.87. The number of nitrogens with zero attached hydrogens (tertiary/aromatic N) is 1. The molecule has 1 atom stereocenters. The predicted molar refractivity (Wildman–Crippen MR) is 61.4 cm³/mol. The van der Waals surface area contributed by atoms with E-state index < -0.39 is 0 Å². The van der Waals surface area contributed by atoms with Crippen molar-refractivity contribution >= 4 is 6.03 Å². The van der Waals surface area contributed by atoms with Gasteiger partial charge in [0.25, 0.3) is 0 Å². The topological polar surface area (TPSA) is 53.6 Å². The molecule has 2 aliphatic rings. The van der Waals surface area contributed by atoms with Crippen molar-refractivity contribution < 1.29 is 9.53 Å². The number of hydrogen-bond donors (Lipinski definition) is 2. The van der Waals surface area contributed by atoms with Crippen molar-refractivity contribution in [3.05, 3.63) is 0 Å². The molecule has 2 N–H and O–H groups in total. The van der Waals surface area contributed by atoms with Crippen LogP contribution < -0.4 is 10.6 Å². The monoisotopic (exact) mass is 227 g/mol. The zero-order valence-electron chi connectivity index (χ0n) is 9.87. The molecule has 0 spiro atoms. The van der Waals surface area contributed by atoms with E-state index >= 15 is 0 Å². The molecule has 0 bridgehead atoms. The molecular formula is C11H21N3O2. The highest BCUT2D eigenvalue weighted by Crippen LogP contribution is 2.24. The lowest BCUT2D eigenvalue weighted by Crippen LogP contribution is -2.44. The van der Waals surface area contributed by atoms with Gasteiger partial charge in [0.1, 0.15) is 0 Å². The first kappa shape index (κ1) is 11.7. The summed E-state index contributed by atoms with van der Waals surface area (Å²) in [5, 5.41) is 5.78. The quantitative estimate of drug-likeness (QED) is 0.704. The molecule has 0 aromatic heterocycles. The molecule has 2 rings (SSSR count). The van der Waals surface area contributed by atoms with Crippen LogP contribution in [-0.2, 0) is 4.74 Å². The van der Waals surface area contributed by atoms with Crippen LogP contribution in [0.5, 0.6) is 0 Å². The lowest BCUT2D eigenvalue weighted by molar-refractivity contribution is 0.188. The highest BCUT2D eigenvalue weighted by Gasteiger charge is 2.25. The normalized spacial score (nSPS) is 24.8. The third kappa shape index (κ3) is 3.64. The number of carbonyl (C=O) groups excluding carboxylic acids is 1. The summed E-state index contributed by atoms with van der Waals surface area (Å²) >= 11 is 0. The van der Waals surface area contributed by atoms with Gasteiger partial charge in [0.05, 0.1) is 12.6 Å². The van der Waals surface area contributed by atoms with Gasteiger partial charge in [-0.05, 0) is 26.3 Å². The Balaban J connectivity index is 1.52. The Morgan fingerprint density at radius 2 is 2.25 bits per heavy atom. The average Bonchev–Trinajstić information content (AvgIpc) is 2.99. The lowest BCUT2D eigenvalue weighted by atomic mass is 10.3. The molecule has 5 heteroatoms. The number of rotatable bonds is 5. The van der Waals surface area contributed by atoms with Crippen molar-refractivity contribution in [3.63, 3.8) is 0 Å². The highest BCUT2D eigenvalue weighted by atomic mass is 16.5. The van der Waals surface area contributed by atoms with Gasteiger partial charge in [-0.2, -0.15) is 0 Å². The summed E-state index contributed by atoms with van der Waals surface area (Å²) in [6.45, 7) is 3.05. The first-order valence-corrected chi connectivity index (χ1v) is 6.08. The summed E-state index contributed by atoms with van der Waals surface area (Å²) in [4.78, 5) is 13.8. The van der Waals surface area contributed by atoms with E-state index in [0.29, 0.717) is 13.2 Å². The molecule has 5 nitrogen and oxygen atoms in total. The van der Waals surface area contributed by atoms with Crippen LogP contribution in [0.4, 0.5) is 4.79 Å². The van der Waals surface area contributed by atoms with Gasteiger partial charge in [0, 0.05) is 25.7 Å². The van der Waals surface area contributed by atoms with Gasteiger partial charge >= 0.3 is 6.03 Å². The number of urea groups is 1. The molecular weight excluding hydrogens is 206 g/mol. The van der Waals surface area contributed by atoms with Crippen LogP contribution in [0.1, 0.15) is 19.3 Å². The molecule has 16 heavy (non-hydrogen) atoms. The van der Waals surface area contributed by atoms with Crippen LogP contribution in [-0.4, -0.2) is 56.4 Å². The molecule has 2 fully saturated rings. The van der Waals surface area contributed by atoms with Gasteiger partial charge < -0.3 is 20.3 Å². The molecule has 1 saturated carbocycles. The molecule has 1 aliphatic carbocycles. The standard InChI is InChI=1S/C11H21N3O2/c1-14(10-2-3-10)6-5-12-11(15)13-9-4-7-16-8-9/h9-10H,2-8H2,1H3,(H2,12,13,15). The zero-order chi connectivity index (χ0) is 11.4. The van der Waals surface area contributed by atoms with Gasteiger partial charge in [-0.3, -0.25) is 0 Å². The second kappa shape index (κ2) is 5.50. The van der Waals surface area contributed by atoms with Crippen LogP contribution in [0, 0.1) is 0 Å². The van der Waals surface area contributed by atoms with Crippen LogP contribution >= 0.6 is 0 Å². The van der Waals surface area contributed by atoms with E-state index in [1.54, 1.807) is 0 Å². The maximum absolute atomic E-state index is 11.5. The number of amides is 2. The Hall–Kier alpha value is -0.810. The average molecular weight is 227 g/mol. The fraction of sp³-hybridized carbons (Fsp3) is 0.909. The number of hydrogen-bond acceptors (Lipinski definition) is 3. The van der Waals surface area contributed by atoms with E-state index in [1.807, 2.05) is 0 Å². The van der Waals surface area contributed by atoms with Crippen molar-refractivity contribution in [2.45, 2.75) is 31.3 Å². The maximum Gasteiger partial charge on any atom is 0.315 e. The molecule has 92 valence electrons. The van der Waals surface area contributed by atoms with E-state index in [2.05, 4.69) is 22.6 Å². The smallest absolute Gasteiger partial charge is 0.315 e. The lowest BCUT2D eigenvalue weighted by Gasteiger charge is -2.17. The number of likely N-dealkylation sites (N-methyl/N-ethyl adjacent to an activating group) is 1. The van der Waals surface area contributed by atoms with Crippen LogP contribution in [0.2, 0.25) is 0 Å². The van der Waals surface area contributed by atoms with Crippen molar-refractivity contribution in [2.24, 2.45) is 0 Å². The van der Waals surface area contributed by atoms with E-state index in [4.69, 9.17) is 4.74 Å². The second-order valence-corrected chi connectivity index (χ2v) is 4.67. The van der Waals surface area contributed by atoms with Gasteiger partial charge in [-0.15, -0.1) is 0 Å². The Kier molecular flexibility index (Phi) is 4.01. The predicted octanol–water partition coefficient (Wildman–Crippen LogP) is 0.169. The molecule has 0 aromatic rings. The van der Waals surface area contributed by atoms with Crippen molar-refractivity contribution in [2.75, 3.05) is 33.4 Å². The summed E-state index contributed by atoms with van der Waals surface area (Å²) in [6.07, 6.45) is 3.54. The molecule has 1 aliphatic heterocycles. The van der Waals surface area contributed by atoms with Gasteiger partial charge in [-0.1, -0.05) is 0 Å². The molecule has 2 amide bonds. The van der Waals surface area contributed by atoms with Crippen LogP contribution in [0.25, 0.3) is 0 Å². The minimum atomic E-state index is -0.0697. The van der Waals surface area contributed by atoms with Gasteiger partial charge in [0.2, 0.25) is 0 Å². The molecule has 1 saturated heterocycles. The van der Waals surface area contributed by atoms with Crippen molar-refractivity contribution in [1.82, 2.24) is 15.5 Å². The largest absolute Gasteiger partial charge is 0.379 e. The number of ether oxygens (including phenoxy) is 1. The SMILES string of the molecule is CN(CCNC(=O)NC1CCOC1)C1CC1. The fourth-order valence-electron chi connectivity index (χ4n) is 1.93. The van der Waals surface area contributed by atoms with E-state index in [1.165, 1.54) is 12.8 Å². The number of nitrogens with one attached hydrogen (secondary N) is 2. The summed E-state index contributed by atoms with van der Waals surface area (Å²) in [6, 6.07) is 0.883. The molecule has 1 unspecified atom stereocenters. The third-order valence-corrected chi connectivity index (χ3v) is 3.19. The second-order valence-electron chi connectivity index (χ2n) is 4.67. The van der Waals surface area contributed by atoms with Crippen molar-refractivity contribution in [1.29, 1.82) is 0 Å². The van der Waals surface area contributed by atoms with Crippen molar-refractivity contribution in [3.8, 4) is 0 Å². The first-order valence-electron chi connectivity index (χ1n) is 6.08. The third-order valence-electron chi connectivity index (χ3n) is 3.19. The molecule has 1 heterocycles. The van der Waals surface area contributed by atoms with Gasteiger partial charge in [-0.25, -0.2) is 4.79 Å². The van der Waals surface area contributed by atoms with Crippen LogP contribution in [0.15, 0.2) is 0 Å². The summed E-state index contributed by atoms with van der Waals surface area (Å²) in [5.74, 6) is 0.